The van der Waals surface area contributed by atoms with Crippen molar-refractivity contribution in [3.8, 4) is 0 Å². The molecule has 0 aliphatic heterocycles. The largest absolute Gasteiger partial charge is 0.417 e. The molecule has 0 bridgehead atoms. The Balaban J connectivity index is 1.81. The number of halogens is 4. The number of hydrogen-bond acceptors (Lipinski definition) is 5. The fraction of sp³-hybridized carbons (Fsp3) is 0.158. The van der Waals surface area contributed by atoms with E-state index in [1.165, 1.54) is 30.9 Å². The molecular formula is C19H14F4N4O. The zero-order valence-corrected chi connectivity index (χ0v) is 14.6. The number of hydrogen-bond donors (Lipinski definition) is 0. The number of nitrogens with zero attached hydrogens (tertiary/aromatic N) is 4. The van der Waals surface area contributed by atoms with Gasteiger partial charge in [-0.2, -0.15) is 13.2 Å². The highest BCUT2D eigenvalue weighted by molar-refractivity contribution is 5.98. The summed E-state index contributed by atoms with van der Waals surface area (Å²) in [6, 6.07) is 5.80. The SMILES string of the molecule is CN(c1cncnc1)c1cc(F)cc(C(=O)Cc2ccc(C(F)(F)F)cn2)c1. The Labute approximate surface area is 157 Å². The number of ketones is 1. The Morgan fingerprint density at radius 3 is 2.36 bits per heavy atom. The van der Waals surface area contributed by atoms with Crippen LogP contribution in [-0.2, 0) is 12.6 Å². The number of aromatic nitrogens is 3. The van der Waals surface area contributed by atoms with Crippen LogP contribution < -0.4 is 4.90 Å². The maximum Gasteiger partial charge on any atom is 0.417 e. The molecule has 9 heteroatoms. The van der Waals surface area contributed by atoms with Crippen LogP contribution in [0.5, 0.6) is 0 Å². The molecule has 0 aliphatic carbocycles. The fourth-order valence-corrected chi connectivity index (χ4v) is 2.51. The zero-order chi connectivity index (χ0) is 20.3. The molecule has 5 nitrogen and oxygen atoms in total. The van der Waals surface area contributed by atoms with Crippen molar-refractivity contribution in [2.75, 3.05) is 11.9 Å². The van der Waals surface area contributed by atoms with Crippen LogP contribution in [0.2, 0.25) is 0 Å². The highest BCUT2D eigenvalue weighted by Gasteiger charge is 2.30. The number of benzene rings is 1. The number of pyridine rings is 1. The minimum absolute atomic E-state index is 0.0837. The lowest BCUT2D eigenvalue weighted by atomic mass is 10.0. The summed E-state index contributed by atoms with van der Waals surface area (Å²) in [4.78, 5) is 25.6. The van der Waals surface area contributed by atoms with Crippen LogP contribution in [0.25, 0.3) is 0 Å². The van der Waals surface area contributed by atoms with Gasteiger partial charge in [-0.1, -0.05) is 0 Å². The topological polar surface area (TPSA) is 59.0 Å². The third kappa shape index (κ3) is 4.48. The smallest absolute Gasteiger partial charge is 0.342 e. The molecule has 0 N–H and O–H groups in total. The summed E-state index contributed by atoms with van der Waals surface area (Å²) in [6.45, 7) is 0. The van der Waals surface area contributed by atoms with Gasteiger partial charge in [-0.25, -0.2) is 14.4 Å². The number of alkyl halides is 3. The Bertz CT molecular complexity index is 975. The van der Waals surface area contributed by atoms with E-state index in [2.05, 4.69) is 15.0 Å². The van der Waals surface area contributed by atoms with Crippen LogP contribution in [0.3, 0.4) is 0 Å². The number of carbonyl (C=O) groups is 1. The van der Waals surface area contributed by atoms with E-state index >= 15 is 0 Å². The van der Waals surface area contributed by atoms with Crippen molar-refractivity contribution < 1.29 is 22.4 Å². The monoisotopic (exact) mass is 390 g/mol. The lowest BCUT2D eigenvalue weighted by Gasteiger charge is -2.19. The summed E-state index contributed by atoms with van der Waals surface area (Å²) in [5.41, 5.74) is 0.340. The van der Waals surface area contributed by atoms with Gasteiger partial charge in [0.05, 0.1) is 30.1 Å². The van der Waals surface area contributed by atoms with Gasteiger partial charge in [-0.3, -0.25) is 9.78 Å². The molecule has 0 radical (unpaired) electrons. The lowest BCUT2D eigenvalue weighted by molar-refractivity contribution is -0.137. The number of anilines is 2. The van der Waals surface area contributed by atoms with E-state index < -0.39 is 23.3 Å². The van der Waals surface area contributed by atoms with Crippen LogP contribution in [0.4, 0.5) is 28.9 Å². The van der Waals surface area contributed by atoms with Gasteiger partial charge in [0, 0.05) is 30.2 Å². The molecule has 2 heterocycles. The van der Waals surface area contributed by atoms with Crippen molar-refractivity contribution in [3.63, 3.8) is 0 Å². The Hall–Kier alpha value is -3.36. The van der Waals surface area contributed by atoms with Crippen LogP contribution in [-0.4, -0.2) is 27.8 Å². The fourth-order valence-electron chi connectivity index (χ4n) is 2.51. The highest BCUT2D eigenvalue weighted by atomic mass is 19.4. The maximum atomic E-state index is 14.0. The van der Waals surface area contributed by atoms with Crippen molar-refractivity contribution in [3.05, 3.63) is 77.9 Å². The molecule has 28 heavy (non-hydrogen) atoms. The molecule has 0 atom stereocenters. The second-order valence-corrected chi connectivity index (χ2v) is 5.99. The standard InChI is InChI=1S/C19H14F4N4O/c1-27(17-9-24-11-25-10-17)16-5-12(4-14(20)6-16)18(28)7-15-3-2-13(8-26-15)19(21,22)23/h2-6,8-11H,7H2,1H3. The van der Waals surface area contributed by atoms with Crippen molar-refractivity contribution in [1.82, 2.24) is 15.0 Å². The predicted molar refractivity (Wildman–Crippen MR) is 93.8 cm³/mol. The molecule has 0 saturated heterocycles. The Morgan fingerprint density at radius 2 is 1.75 bits per heavy atom. The molecule has 0 amide bonds. The van der Waals surface area contributed by atoms with Crippen molar-refractivity contribution >= 4 is 17.2 Å². The summed E-state index contributed by atoms with van der Waals surface area (Å²) in [5, 5.41) is 0. The Kier molecular flexibility index (Phi) is 5.34. The van der Waals surface area contributed by atoms with Crippen LogP contribution >= 0.6 is 0 Å². The van der Waals surface area contributed by atoms with E-state index in [4.69, 9.17) is 0 Å². The Morgan fingerprint density at radius 1 is 1.04 bits per heavy atom. The first-order valence-electron chi connectivity index (χ1n) is 8.08. The second-order valence-electron chi connectivity index (χ2n) is 5.99. The normalized spacial score (nSPS) is 11.3. The van der Waals surface area contributed by atoms with E-state index in [1.807, 2.05) is 0 Å². The highest BCUT2D eigenvalue weighted by Crippen LogP contribution is 2.29. The third-order valence-corrected chi connectivity index (χ3v) is 4.02. The summed E-state index contributed by atoms with van der Waals surface area (Å²) < 4.78 is 51.8. The van der Waals surface area contributed by atoms with E-state index in [-0.39, 0.29) is 17.7 Å². The molecule has 144 valence electrons. The molecule has 1 aromatic carbocycles. The van der Waals surface area contributed by atoms with Crippen molar-refractivity contribution in [2.45, 2.75) is 12.6 Å². The first kappa shape index (κ1) is 19.4. The molecule has 3 aromatic rings. The van der Waals surface area contributed by atoms with E-state index in [1.54, 1.807) is 11.9 Å². The quantitative estimate of drug-likeness (QED) is 0.482. The van der Waals surface area contributed by atoms with Gasteiger partial charge in [0.2, 0.25) is 0 Å². The summed E-state index contributed by atoms with van der Waals surface area (Å²) in [6.07, 6.45) is 0.340. The van der Waals surface area contributed by atoms with Crippen molar-refractivity contribution in [1.29, 1.82) is 0 Å². The minimum atomic E-state index is -4.50. The second kappa shape index (κ2) is 7.71. The molecule has 2 aromatic heterocycles. The van der Waals surface area contributed by atoms with Gasteiger partial charge in [-0.15, -0.1) is 0 Å². The summed E-state index contributed by atoms with van der Waals surface area (Å²) >= 11 is 0. The average Bonchev–Trinajstić information content (AvgIpc) is 2.67. The average molecular weight is 390 g/mol. The first-order valence-corrected chi connectivity index (χ1v) is 8.08. The van der Waals surface area contributed by atoms with E-state index in [0.29, 0.717) is 17.6 Å². The molecule has 0 unspecified atom stereocenters. The first-order chi connectivity index (χ1) is 13.2. The number of rotatable bonds is 5. The molecule has 0 aliphatic rings. The van der Waals surface area contributed by atoms with Gasteiger partial charge in [0.1, 0.15) is 12.1 Å². The lowest BCUT2D eigenvalue weighted by Crippen LogP contribution is -2.13. The predicted octanol–water partition coefficient (Wildman–Crippen LogP) is 4.22. The summed E-state index contributed by atoms with van der Waals surface area (Å²) in [7, 11) is 1.67. The van der Waals surface area contributed by atoms with E-state index in [9.17, 15) is 22.4 Å². The molecule has 0 fully saturated rings. The number of carbonyl (C=O) groups excluding carboxylic acids is 1. The van der Waals surface area contributed by atoms with Crippen LogP contribution in [0, 0.1) is 5.82 Å². The van der Waals surface area contributed by atoms with E-state index in [0.717, 1.165) is 18.2 Å². The molecular weight excluding hydrogens is 376 g/mol. The van der Waals surface area contributed by atoms with Gasteiger partial charge in [0.25, 0.3) is 0 Å². The van der Waals surface area contributed by atoms with Gasteiger partial charge >= 0.3 is 6.18 Å². The van der Waals surface area contributed by atoms with Crippen molar-refractivity contribution in [2.24, 2.45) is 0 Å². The maximum absolute atomic E-state index is 14.0. The molecule has 3 rings (SSSR count). The zero-order valence-electron chi connectivity index (χ0n) is 14.6. The van der Waals surface area contributed by atoms with Crippen LogP contribution in [0.15, 0.2) is 55.2 Å². The van der Waals surface area contributed by atoms with Gasteiger partial charge in [0.15, 0.2) is 5.78 Å². The van der Waals surface area contributed by atoms with Crippen LogP contribution in [0.1, 0.15) is 21.6 Å². The molecule has 0 spiro atoms. The number of Topliss-reactive ketones (excluding diaryl/α,β-unsaturated/α-hetero) is 1. The summed E-state index contributed by atoms with van der Waals surface area (Å²) in [5.74, 6) is -1.09. The molecule has 0 saturated carbocycles. The van der Waals surface area contributed by atoms with Gasteiger partial charge < -0.3 is 4.90 Å². The minimum Gasteiger partial charge on any atom is -0.342 e. The third-order valence-electron chi connectivity index (χ3n) is 4.02. The van der Waals surface area contributed by atoms with Gasteiger partial charge in [-0.05, 0) is 30.3 Å².